The molecule has 0 aliphatic heterocycles. The van der Waals surface area contributed by atoms with Gasteiger partial charge in [0.2, 0.25) is 0 Å². The maximum atomic E-state index is 5.80. The van der Waals surface area contributed by atoms with Crippen molar-refractivity contribution in [3.8, 4) is 5.75 Å². The van der Waals surface area contributed by atoms with E-state index in [4.69, 9.17) is 10.5 Å². The second-order valence-corrected chi connectivity index (χ2v) is 6.77. The molecule has 0 aliphatic rings. The van der Waals surface area contributed by atoms with Crippen molar-refractivity contribution in [3.05, 3.63) is 36.7 Å². The van der Waals surface area contributed by atoms with E-state index in [0.717, 1.165) is 30.2 Å². The maximum Gasteiger partial charge on any atom is 0.124 e. The van der Waals surface area contributed by atoms with Gasteiger partial charge in [-0.05, 0) is 30.7 Å². The van der Waals surface area contributed by atoms with E-state index < -0.39 is 0 Å². The summed E-state index contributed by atoms with van der Waals surface area (Å²) in [6.07, 6.45) is 14.0. The van der Waals surface area contributed by atoms with Crippen molar-refractivity contribution in [3.63, 3.8) is 0 Å². The van der Waals surface area contributed by atoms with Crippen LogP contribution in [0.15, 0.2) is 46.9 Å². The smallest absolute Gasteiger partial charge is 0.124 e. The van der Waals surface area contributed by atoms with Gasteiger partial charge in [0.1, 0.15) is 11.4 Å². The largest absolute Gasteiger partial charge is 0.494 e. The number of benzene rings is 1. The molecule has 148 valence electrons. The number of ether oxygens (including phenoxy) is 1. The molecule has 0 spiro atoms. The van der Waals surface area contributed by atoms with Gasteiger partial charge in [-0.3, -0.25) is 4.68 Å². The summed E-state index contributed by atoms with van der Waals surface area (Å²) in [6.45, 7) is 4.27. The lowest BCUT2D eigenvalue weighted by Crippen LogP contribution is -2.09. The molecule has 0 fully saturated rings. The number of rotatable bonds is 14. The zero-order valence-electron chi connectivity index (χ0n) is 16.5. The van der Waals surface area contributed by atoms with Crippen LogP contribution in [0, 0.1) is 0 Å². The van der Waals surface area contributed by atoms with E-state index in [1.807, 2.05) is 30.5 Å². The van der Waals surface area contributed by atoms with E-state index in [9.17, 15) is 0 Å². The van der Waals surface area contributed by atoms with Crippen LogP contribution in [0.2, 0.25) is 0 Å². The first kappa shape index (κ1) is 21.1. The fraction of sp³-hybridized carbons (Fsp3) is 0.571. The molecule has 0 aliphatic carbocycles. The van der Waals surface area contributed by atoms with Gasteiger partial charge in [-0.25, -0.2) is 0 Å². The maximum absolute atomic E-state index is 5.80. The van der Waals surface area contributed by atoms with Crippen molar-refractivity contribution < 1.29 is 4.74 Å². The van der Waals surface area contributed by atoms with Crippen LogP contribution >= 0.6 is 0 Å². The van der Waals surface area contributed by atoms with Crippen molar-refractivity contribution in [1.29, 1.82) is 0 Å². The summed E-state index contributed by atoms with van der Waals surface area (Å²) in [5, 5.41) is 12.6. The Bertz CT molecular complexity index is 651. The highest BCUT2D eigenvalue weighted by Gasteiger charge is 1.98. The Hall–Kier alpha value is -2.21. The van der Waals surface area contributed by atoms with Gasteiger partial charge in [0.25, 0.3) is 0 Å². The van der Waals surface area contributed by atoms with E-state index >= 15 is 0 Å². The van der Waals surface area contributed by atoms with Gasteiger partial charge in [-0.1, -0.05) is 51.9 Å². The molecule has 2 rings (SSSR count). The van der Waals surface area contributed by atoms with Crippen LogP contribution in [-0.2, 0) is 6.54 Å². The summed E-state index contributed by atoms with van der Waals surface area (Å²) in [5.41, 5.74) is 7.02. The molecule has 0 saturated carbocycles. The molecule has 0 radical (unpaired) electrons. The topological polar surface area (TPSA) is 77.8 Å². The zero-order valence-corrected chi connectivity index (χ0v) is 16.5. The number of hydrogen-bond donors (Lipinski definition) is 1. The number of unbranched alkanes of at least 4 members (excludes halogenated alkanes) is 7. The number of hydrogen-bond acceptors (Lipinski definition) is 5. The second kappa shape index (κ2) is 13.0. The van der Waals surface area contributed by atoms with Crippen molar-refractivity contribution in [2.24, 2.45) is 16.0 Å². The molecule has 0 unspecified atom stereocenters. The predicted molar refractivity (Wildman–Crippen MR) is 110 cm³/mol. The Kier molecular flexibility index (Phi) is 10.2. The van der Waals surface area contributed by atoms with Gasteiger partial charge in [-0.15, -0.1) is 5.11 Å². The van der Waals surface area contributed by atoms with Gasteiger partial charge in [0.15, 0.2) is 0 Å². The fourth-order valence-corrected chi connectivity index (χ4v) is 2.81. The normalized spacial score (nSPS) is 11.3. The molecular formula is C21H33N5O. The summed E-state index contributed by atoms with van der Waals surface area (Å²) in [7, 11) is 0. The minimum atomic E-state index is 0.554. The molecule has 0 amide bonds. The van der Waals surface area contributed by atoms with Gasteiger partial charge >= 0.3 is 0 Å². The number of nitrogens with two attached hydrogens (primary N) is 1. The van der Waals surface area contributed by atoms with Crippen LogP contribution in [0.5, 0.6) is 5.75 Å². The Balaban J connectivity index is 1.62. The second-order valence-electron chi connectivity index (χ2n) is 6.77. The van der Waals surface area contributed by atoms with Gasteiger partial charge < -0.3 is 10.5 Å². The lowest BCUT2D eigenvalue weighted by molar-refractivity contribution is 0.304. The average Bonchev–Trinajstić information content (AvgIpc) is 3.14. The Morgan fingerprint density at radius 3 is 2.30 bits per heavy atom. The summed E-state index contributed by atoms with van der Waals surface area (Å²) < 4.78 is 7.56. The zero-order chi connectivity index (χ0) is 19.2. The van der Waals surface area contributed by atoms with Crippen LogP contribution in [0.3, 0.4) is 0 Å². The van der Waals surface area contributed by atoms with Gasteiger partial charge in [-0.2, -0.15) is 10.2 Å². The van der Waals surface area contributed by atoms with E-state index in [1.54, 1.807) is 10.9 Å². The monoisotopic (exact) mass is 371 g/mol. The van der Waals surface area contributed by atoms with Crippen molar-refractivity contribution in [2.45, 2.75) is 64.8 Å². The number of nitrogens with zero attached hydrogens (tertiary/aromatic N) is 4. The molecule has 0 saturated heterocycles. The molecular weight excluding hydrogens is 338 g/mol. The molecule has 2 N–H and O–H groups in total. The van der Waals surface area contributed by atoms with Gasteiger partial charge in [0, 0.05) is 6.54 Å². The number of aromatic nitrogens is 2. The molecule has 1 aromatic carbocycles. The standard InChI is InChI=1S/C21H33N5O/c1-2-3-4-5-6-7-8-9-16-27-21-12-10-19(11-13-21)24-25-20-17-23-26(18-20)15-14-22/h10-13,17-18H,2-9,14-16,22H2,1H3. The van der Waals surface area contributed by atoms with Crippen molar-refractivity contribution in [1.82, 2.24) is 9.78 Å². The van der Waals surface area contributed by atoms with Crippen LogP contribution < -0.4 is 10.5 Å². The highest BCUT2D eigenvalue weighted by atomic mass is 16.5. The predicted octanol–water partition coefficient (Wildman–Crippen LogP) is 5.78. The summed E-state index contributed by atoms with van der Waals surface area (Å²) in [6, 6.07) is 7.71. The summed E-state index contributed by atoms with van der Waals surface area (Å²) in [5.74, 6) is 0.882. The third-order valence-electron chi connectivity index (χ3n) is 4.36. The van der Waals surface area contributed by atoms with E-state index in [0.29, 0.717) is 13.1 Å². The molecule has 6 heteroatoms. The highest BCUT2D eigenvalue weighted by Crippen LogP contribution is 2.21. The third kappa shape index (κ3) is 8.82. The molecule has 2 aromatic rings. The highest BCUT2D eigenvalue weighted by molar-refractivity contribution is 5.41. The first-order chi connectivity index (χ1) is 13.3. The lowest BCUT2D eigenvalue weighted by atomic mass is 10.1. The van der Waals surface area contributed by atoms with E-state index in [-0.39, 0.29) is 0 Å². The van der Waals surface area contributed by atoms with E-state index in [1.165, 1.54) is 44.9 Å². The third-order valence-corrected chi connectivity index (χ3v) is 4.36. The SMILES string of the molecule is CCCCCCCCCCOc1ccc(N=Nc2cnn(CCN)c2)cc1. The number of azo groups is 1. The van der Waals surface area contributed by atoms with Crippen LogP contribution in [0.4, 0.5) is 11.4 Å². The first-order valence-corrected chi connectivity index (χ1v) is 10.2. The summed E-state index contributed by atoms with van der Waals surface area (Å²) >= 11 is 0. The first-order valence-electron chi connectivity index (χ1n) is 10.2. The quantitative estimate of drug-likeness (QED) is 0.338. The van der Waals surface area contributed by atoms with Crippen molar-refractivity contribution >= 4 is 11.4 Å². The van der Waals surface area contributed by atoms with Crippen LogP contribution in [0.25, 0.3) is 0 Å². The van der Waals surface area contributed by atoms with E-state index in [2.05, 4.69) is 22.3 Å². The molecule has 0 atom stereocenters. The minimum Gasteiger partial charge on any atom is -0.494 e. The molecule has 1 aromatic heterocycles. The van der Waals surface area contributed by atoms with Gasteiger partial charge in [0.05, 0.1) is 31.2 Å². The molecule has 0 bridgehead atoms. The molecule has 1 heterocycles. The Morgan fingerprint density at radius 2 is 1.59 bits per heavy atom. The van der Waals surface area contributed by atoms with Crippen LogP contribution in [-0.4, -0.2) is 22.9 Å². The minimum absolute atomic E-state index is 0.554. The van der Waals surface area contributed by atoms with Crippen LogP contribution in [0.1, 0.15) is 58.3 Å². The molecule has 27 heavy (non-hydrogen) atoms. The summed E-state index contributed by atoms with van der Waals surface area (Å²) in [4.78, 5) is 0. The average molecular weight is 372 g/mol. The fourth-order valence-electron chi connectivity index (χ4n) is 2.81. The lowest BCUT2D eigenvalue weighted by Gasteiger charge is -2.06. The van der Waals surface area contributed by atoms with Crippen molar-refractivity contribution in [2.75, 3.05) is 13.2 Å². The Labute approximate surface area is 162 Å². The Morgan fingerprint density at radius 1 is 0.926 bits per heavy atom. The molecule has 6 nitrogen and oxygen atoms in total.